The molecule has 2 aliphatic carbocycles. The van der Waals surface area contributed by atoms with E-state index in [0.717, 1.165) is 59.2 Å². The Morgan fingerprint density at radius 3 is 2.56 bits per heavy atom. The van der Waals surface area contributed by atoms with Gasteiger partial charge in [-0.15, -0.1) is 0 Å². The molecular formula is C49H57N3O7S2. The van der Waals surface area contributed by atoms with Gasteiger partial charge in [0.2, 0.25) is 0 Å². The van der Waals surface area contributed by atoms with E-state index in [-0.39, 0.29) is 60.0 Å². The summed E-state index contributed by atoms with van der Waals surface area (Å²) in [4.78, 5) is 30.6. The normalized spacial score (nSPS) is 22.9. The van der Waals surface area contributed by atoms with Crippen molar-refractivity contribution >= 4 is 33.2 Å². The molecular weight excluding hydrogens is 807 g/mol. The maximum atomic E-state index is 14.1. The summed E-state index contributed by atoms with van der Waals surface area (Å²) in [6, 6.07) is 16.3. The molecule has 9 N–H and O–H groups in total. The number of aliphatic hydroxyl groups excluding tert-OH is 2. The number of hydrogen-bond acceptors (Lipinski definition) is 11. The van der Waals surface area contributed by atoms with Gasteiger partial charge >= 0.3 is 0 Å². The van der Waals surface area contributed by atoms with Gasteiger partial charge in [0.15, 0.2) is 23.1 Å². The number of phenols is 2. The van der Waals surface area contributed by atoms with Gasteiger partial charge in [-0.25, -0.2) is 0 Å². The standard InChI is InChI=1S/C49H57N3O7S2/c1-30(53)5-2-3-17-49-18-14-36(54)11-8-31-10-13-44(56)47(22-31)59-20-16-32-9-12-43(55)41(21-32)40-25-45(57)37-15-19-52-42(37)7-4-6-33-23-39(48(50)51)34(24-38(33)40)28-60-61-29-35(26-49)46(58)27-49/h9-10,12-15,18-19,21-24,30,35,40,46,48,52-53,55-56,58H,2-3,5,7-8,11,16-17,20,25-29,50-51H2,1H3. The lowest BCUT2D eigenvalue weighted by Crippen LogP contribution is -2.22. The van der Waals surface area contributed by atoms with E-state index >= 15 is 0 Å². The van der Waals surface area contributed by atoms with Crippen LogP contribution in [0.25, 0.3) is 0 Å². The number of aliphatic hydroxyl groups is 2. The van der Waals surface area contributed by atoms with Crippen LogP contribution >= 0.6 is 21.6 Å². The van der Waals surface area contributed by atoms with Crippen LogP contribution in [0.1, 0.15) is 125 Å². The van der Waals surface area contributed by atoms with E-state index in [4.69, 9.17) is 16.2 Å². The van der Waals surface area contributed by atoms with Crippen LogP contribution in [0.3, 0.4) is 0 Å². The molecule has 0 amide bonds. The fourth-order valence-electron chi connectivity index (χ4n) is 9.08. The van der Waals surface area contributed by atoms with Crippen molar-refractivity contribution in [3.8, 4) is 29.1 Å². The van der Waals surface area contributed by atoms with Crippen molar-refractivity contribution < 1.29 is 34.8 Å². The van der Waals surface area contributed by atoms with E-state index in [2.05, 4.69) is 16.8 Å². The number of Topliss-reactive ketones (excluding diaryl/α,β-unsaturated/α-hetero) is 1. The Bertz CT molecular complexity index is 2310. The summed E-state index contributed by atoms with van der Waals surface area (Å²) in [5, 5.41) is 43.6. The Balaban J connectivity index is 1.25. The lowest BCUT2D eigenvalue weighted by atomic mass is 9.79. The highest BCUT2D eigenvalue weighted by molar-refractivity contribution is 8.76. The minimum atomic E-state index is -0.785. The molecule has 322 valence electrons. The summed E-state index contributed by atoms with van der Waals surface area (Å²) in [5.41, 5.74) is 19.3. The number of benzene rings is 3. The number of carbonyl (C=O) groups excluding carboxylic acids is 2. The molecule has 5 unspecified atom stereocenters. The summed E-state index contributed by atoms with van der Waals surface area (Å²) < 4.78 is 6.11. The first-order valence-electron chi connectivity index (χ1n) is 21.3. The van der Waals surface area contributed by atoms with Crippen molar-refractivity contribution in [3.63, 3.8) is 0 Å². The van der Waals surface area contributed by atoms with Crippen LogP contribution in [0.2, 0.25) is 0 Å². The fourth-order valence-corrected chi connectivity index (χ4v) is 11.6. The first-order chi connectivity index (χ1) is 29.4. The predicted molar refractivity (Wildman–Crippen MR) is 243 cm³/mol. The molecule has 0 saturated heterocycles. The van der Waals surface area contributed by atoms with Crippen molar-refractivity contribution in [2.24, 2.45) is 22.8 Å². The van der Waals surface area contributed by atoms with Gasteiger partial charge in [-0.3, -0.25) is 9.59 Å². The van der Waals surface area contributed by atoms with E-state index in [1.54, 1.807) is 71.1 Å². The van der Waals surface area contributed by atoms with E-state index < -0.39 is 18.2 Å². The third-order valence-electron chi connectivity index (χ3n) is 12.4. The zero-order chi connectivity index (χ0) is 43.1. The minimum absolute atomic E-state index is 0.00355. The molecule has 1 aliphatic heterocycles. The van der Waals surface area contributed by atoms with E-state index in [9.17, 15) is 30.0 Å². The number of nitrogens with one attached hydrogen (secondary N) is 1. The molecule has 8 bridgehead atoms. The van der Waals surface area contributed by atoms with Crippen molar-refractivity contribution in [1.29, 1.82) is 0 Å². The molecule has 10 nitrogen and oxygen atoms in total. The first kappa shape index (κ1) is 44.6. The van der Waals surface area contributed by atoms with Crippen molar-refractivity contribution in [2.75, 3.05) is 12.4 Å². The molecule has 3 aromatic carbocycles. The molecule has 1 aromatic heterocycles. The van der Waals surface area contributed by atoms with Gasteiger partial charge in [-0.05, 0) is 115 Å². The fraction of sp³-hybridized carbons (Fsp3) is 0.429. The Labute approximate surface area is 366 Å². The van der Waals surface area contributed by atoms with Crippen molar-refractivity contribution in [1.82, 2.24) is 4.98 Å². The van der Waals surface area contributed by atoms with Gasteiger partial charge in [0.05, 0.1) is 31.4 Å². The molecule has 7 rings (SSSR count). The Hall–Kier alpha value is -4.48. The minimum Gasteiger partial charge on any atom is -0.508 e. The number of aromatic hydroxyl groups is 2. The highest BCUT2D eigenvalue weighted by atomic mass is 33.1. The third-order valence-corrected chi connectivity index (χ3v) is 14.9. The van der Waals surface area contributed by atoms with Crippen molar-refractivity contribution in [2.45, 2.75) is 108 Å². The predicted octanol–water partition coefficient (Wildman–Crippen LogP) is 7.93. The Kier molecular flexibility index (Phi) is 14.7. The molecule has 0 spiro atoms. The van der Waals surface area contributed by atoms with Crippen molar-refractivity contribution in [3.05, 3.63) is 123 Å². The quantitative estimate of drug-likeness (QED) is 0.0431. The van der Waals surface area contributed by atoms with Crippen LogP contribution in [-0.2, 0) is 29.8 Å². The van der Waals surface area contributed by atoms with Gasteiger partial charge in [0.1, 0.15) is 5.75 Å². The van der Waals surface area contributed by atoms with Gasteiger partial charge in [-0.2, -0.15) is 0 Å². The Morgan fingerprint density at radius 1 is 0.951 bits per heavy atom. The number of H-pyrrole nitrogens is 1. The zero-order valence-corrected chi connectivity index (χ0v) is 36.3. The second-order valence-electron chi connectivity index (χ2n) is 17.0. The number of nitrogens with two attached hydrogens (primary N) is 2. The summed E-state index contributed by atoms with van der Waals surface area (Å²) in [6.07, 6.45) is 10.0. The number of aromatic nitrogens is 1. The van der Waals surface area contributed by atoms with E-state index in [0.29, 0.717) is 66.0 Å². The number of allylic oxidation sites excluding steroid dienone is 2. The third kappa shape index (κ3) is 11.1. The van der Waals surface area contributed by atoms with Gasteiger partial charge in [0.25, 0.3) is 0 Å². The highest BCUT2D eigenvalue weighted by Gasteiger charge is 2.42. The van der Waals surface area contributed by atoms with Crippen LogP contribution in [0.5, 0.6) is 17.2 Å². The second-order valence-corrected chi connectivity index (χ2v) is 19.5. The maximum absolute atomic E-state index is 14.1. The van der Waals surface area contributed by atoms with Crippen LogP contribution in [0, 0.1) is 23.2 Å². The second kappa shape index (κ2) is 20.1. The molecule has 1 saturated carbocycles. The smallest absolute Gasteiger partial charge is 0.165 e. The molecule has 12 heteroatoms. The van der Waals surface area contributed by atoms with E-state index in [1.807, 2.05) is 30.3 Å². The number of aryl methyl sites for hydroxylation is 1. The average Bonchev–Trinajstić information content (AvgIpc) is 3.83. The van der Waals surface area contributed by atoms with Gasteiger partial charge in [0, 0.05) is 65.3 Å². The van der Waals surface area contributed by atoms with Crippen LogP contribution in [0.15, 0.2) is 72.9 Å². The van der Waals surface area contributed by atoms with Crippen LogP contribution < -0.4 is 16.2 Å². The Morgan fingerprint density at radius 2 is 1.75 bits per heavy atom. The number of hydrogen-bond donors (Lipinski definition) is 7. The summed E-state index contributed by atoms with van der Waals surface area (Å²) in [5.74, 6) is 7.62. The molecule has 4 aromatic rings. The summed E-state index contributed by atoms with van der Waals surface area (Å²) in [7, 11) is 3.34. The summed E-state index contributed by atoms with van der Waals surface area (Å²) >= 11 is 0. The topological polar surface area (TPSA) is 192 Å². The molecule has 1 fully saturated rings. The lowest BCUT2D eigenvalue weighted by molar-refractivity contribution is -0.114. The monoisotopic (exact) mass is 863 g/mol. The maximum Gasteiger partial charge on any atom is 0.165 e. The average molecular weight is 864 g/mol. The van der Waals surface area contributed by atoms with Gasteiger partial charge in [-0.1, -0.05) is 76.6 Å². The number of aromatic amines is 1. The van der Waals surface area contributed by atoms with Crippen LogP contribution in [0.4, 0.5) is 0 Å². The largest absolute Gasteiger partial charge is 0.508 e. The number of carbonyl (C=O) groups is 2. The van der Waals surface area contributed by atoms with E-state index in [1.165, 1.54) is 0 Å². The molecule has 61 heavy (non-hydrogen) atoms. The SMILES string of the molecule is CC(O)CCCCC12C=CC(=O)CCc3ccc(O)c(c3)OCCc3ccc(O)c(c3)C3CC(=O)c4cc[nH]c4CC#Cc4cc(C(N)N)c(cc43)CSSCC(C1)C(O)C2. The number of phenolic OH excluding ortho intramolecular Hbond substituents is 2. The number of rotatable bonds is 6. The van der Waals surface area contributed by atoms with Crippen LogP contribution in [-0.4, -0.2) is 61.5 Å². The number of ketones is 2. The molecule has 5 atom stereocenters. The summed E-state index contributed by atoms with van der Waals surface area (Å²) in [6.45, 7) is 2.02. The first-order valence-corrected chi connectivity index (χ1v) is 23.8. The van der Waals surface area contributed by atoms with Gasteiger partial charge < -0.3 is 41.6 Å². The number of unbranched alkanes of at least 4 members (excludes halogenated alkanes) is 1. The lowest BCUT2D eigenvalue weighted by Gasteiger charge is -2.26. The molecule has 2 heterocycles. The zero-order valence-electron chi connectivity index (χ0n) is 34.7. The molecule has 3 aliphatic rings. The highest BCUT2D eigenvalue weighted by Crippen LogP contribution is 2.49. The number of ether oxygens (including phenoxy) is 1. The number of fused-ring (bicyclic) bond motifs is 9. The molecule has 0 radical (unpaired) electrons.